The first-order chi connectivity index (χ1) is 8.83. The van der Waals surface area contributed by atoms with Crippen LogP contribution in [0.25, 0.3) is 0 Å². The summed E-state index contributed by atoms with van der Waals surface area (Å²) in [5.41, 5.74) is 1.31. The summed E-state index contributed by atoms with van der Waals surface area (Å²) in [6, 6.07) is 8.84. The van der Waals surface area contributed by atoms with E-state index in [2.05, 4.69) is 17.4 Å². The van der Waals surface area contributed by atoms with Crippen LogP contribution in [-0.4, -0.2) is 30.4 Å². The monoisotopic (exact) mass is 247 g/mol. The maximum atomic E-state index is 9.84. The van der Waals surface area contributed by atoms with Crippen molar-refractivity contribution in [2.45, 2.75) is 43.7 Å². The fourth-order valence-corrected chi connectivity index (χ4v) is 2.18. The molecule has 3 rings (SSSR count). The quantitative estimate of drug-likeness (QED) is 0.775. The van der Waals surface area contributed by atoms with Crippen LogP contribution in [0.5, 0.6) is 5.75 Å². The van der Waals surface area contributed by atoms with Crippen LogP contribution < -0.4 is 10.1 Å². The highest BCUT2D eigenvalue weighted by Gasteiger charge is 2.26. The third kappa shape index (κ3) is 3.24. The summed E-state index contributed by atoms with van der Waals surface area (Å²) < 4.78 is 5.76. The van der Waals surface area contributed by atoms with Crippen LogP contribution in [0, 0.1) is 0 Å². The van der Waals surface area contributed by atoms with E-state index < -0.39 is 6.10 Å². The minimum absolute atomic E-state index is 0.378. The average Bonchev–Trinajstić information content (AvgIpc) is 3.28. The number of hydrogen-bond donors (Lipinski definition) is 2. The van der Waals surface area contributed by atoms with E-state index in [9.17, 15) is 5.11 Å². The molecule has 1 aromatic rings. The zero-order chi connectivity index (χ0) is 12.4. The first-order valence-electron chi connectivity index (χ1n) is 6.96. The molecule has 3 nitrogen and oxygen atoms in total. The Morgan fingerprint density at radius 1 is 1.22 bits per heavy atom. The molecule has 1 atom stereocenters. The van der Waals surface area contributed by atoms with Gasteiger partial charge in [0.05, 0.1) is 0 Å². The van der Waals surface area contributed by atoms with Gasteiger partial charge < -0.3 is 15.2 Å². The van der Waals surface area contributed by atoms with Crippen LogP contribution in [0.4, 0.5) is 0 Å². The topological polar surface area (TPSA) is 41.5 Å². The smallest absolute Gasteiger partial charge is 0.122 e. The summed E-state index contributed by atoms with van der Waals surface area (Å²) in [6.07, 6.45) is 4.62. The van der Waals surface area contributed by atoms with Crippen molar-refractivity contribution in [3.63, 3.8) is 0 Å². The lowest BCUT2D eigenvalue weighted by Crippen LogP contribution is -2.32. The fourth-order valence-electron chi connectivity index (χ4n) is 2.18. The second kappa shape index (κ2) is 5.29. The van der Waals surface area contributed by atoms with Gasteiger partial charge in [0.2, 0.25) is 0 Å². The van der Waals surface area contributed by atoms with Crippen molar-refractivity contribution >= 4 is 0 Å². The average molecular weight is 247 g/mol. The van der Waals surface area contributed by atoms with E-state index in [-0.39, 0.29) is 0 Å². The second-order valence-electron chi connectivity index (χ2n) is 5.46. The van der Waals surface area contributed by atoms with Gasteiger partial charge in [0.15, 0.2) is 0 Å². The molecule has 0 radical (unpaired) electrons. The normalized spacial score (nSPS) is 20.7. The third-order valence-electron chi connectivity index (χ3n) is 3.59. The molecule has 0 heterocycles. The highest BCUT2D eigenvalue weighted by Crippen LogP contribution is 2.44. The molecule has 2 aliphatic carbocycles. The molecule has 98 valence electrons. The van der Waals surface area contributed by atoms with Crippen LogP contribution in [0.2, 0.25) is 0 Å². The van der Waals surface area contributed by atoms with Gasteiger partial charge in [0.1, 0.15) is 18.5 Å². The molecular weight excluding hydrogens is 226 g/mol. The molecule has 18 heavy (non-hydrogen) atoms. The summed E-state index contributed by atoms with van der Waals surface area (Å²) in [5, 5.41) is 13.2. The molecule has 2 fully saturated rings. The van der Waals surface area contributed by atoms with E-state index in [1.807, 2.05) is 12.1 Å². The Bertz CT molecular complexity index is 399. The van der Waals surface area contributed by atoms with Crippen molar-refractivity contribution in [2.24, 2.45) is 0 Å². The molecule has 0 saturated heterocycles. The Labute approximate surface area is 108 Å². The molecule has 1 aromatic carbocycles. The maximum absolute atomic E-state index is 9.84. The number of benzene rings is 1. The fraction of sp³-hybridized carbons (Fsp3) is 0.600. The van der Waals surface area contributed by atoms with Gasteiger partial charge in [-0.25, -0.2) is 0 Å². The first-order valence-corrected chi connectivity index (χ1v) is 6.96. The van der Waals surface area contributed by atoms with Gasteiger partial charge in [0.25, 0.3) is 0 Å². The minimum Gasteiger partial charge on any atom is -0.491 e. The Morgan fingerprint density at radius 2 is 2.00 bits per heavy atom. The molecule has 0 aliphatic heterocycles. The van der Waals surface area contributed by atoms with E-state index in [1.54, 1.807) is 0 Å². The Morgan fingerprint density at radius 3 is 2.72 bits per heavy atom. The number of aliphatic hydroxyl groups excluding tert-OH is 1. The van der Waals surface area contributed by atoms with Gasteiger partial charge in [-0.2, -0.15) is 0 Å². The SMILES string of the molecule is OC(CNC1CC1)COc1ccccc1C1CC1. The van der Waals surface area contributed by atoms with E-state index in [4.69, 9.17) is 4.74 Å². The number of aliphatic hydroxyl groups is 1. The van der Waals surface area contributed by atoms with Gasteiger partial charge in [-0.1, -0.05) is 18.2 Å². The number of rotatable bonds is 7. The van der Waals surface area contributed by atoms with Gasteiger partial charge in [-0.05, 0) is 43.2 Å². The minimum atomic E-state index is -0.419. The number of para-hydroxylation sites is 1. The predicted molar refractivity (Wildman–Crippen MR) is 70.9 cm³/mol. The van der Waals surface area contributed by atoms with Crippen LogP contribution in [0.1, 0.15) is 37.2 Å². The standard InChI is InChI=1S/C15H21NO2/c17-13(9-16-12-7-8-12)10-18-15-4-2-1-3-14(15)11-5-6-11/h1-4,11-13,16-17H,5-10H2. The summed E-state index contributed by atoms with van der Waals surface area (Å²) in [7, 11) is 0. The molecule has 2 saturated carbocycles. The summed E-state index contributed by atoms with van der Waals surface area (Å²) in [4.78, 5) is 0. The largest absolute Gasteiger partial charge is 0.491 e. The maximum Gasteiger partial charge on any atom is 0.122 e. The van der Waals surface area contributed by atoms with E-state index in [1.165, 1.54) is 31.2 Å². The summed E-state index contributed by atoms with van der Waals surface area (Å²) in [5.74, 6) is 1.63. The van der Waals surface area contributed by atoms with E-state index in [0.29, 0.717) is 25.1 Å². The number of hydrogen-bond acceptors (Lipinski definition) is 3. The molecular formula is C15H21NO2. The summed E-state index contributed by atoms with van der Waals surface area (Å²) >= 11 is 0. The molecule has 3 heteroatoms. The number of ether oxygens (including phenoxy) is 1. The van der Waals surface area contributed by atoms with E-state index in [0.717, 1.165) is 5.75 Å². The lowest BCUT2D eigenvalue weighted by molar-refractivity contribution is 0.105. The highest BCUT2D eigenvalue weighted by molar-refractivity contribution is 5.38. The Hall–Kier alpha value is -1.06. The lowest BCUT2D eigenvalue weighted by atomic mass is 10.1. The first kappa shape index (κ1) is 12.0. The van der Waals surface area contributed by atoms with Gasteiger partial charge in [0, 0.05) is 12.6 Å². The lowest BCUT2D eigenvalue weighted by Gasteiger charge is -2.15. The Kier molecular flexibility index (Phi) is 3.52. The Balaban J connectivity index is 1.49. The van der Waals surface area contributed by atoms with Crippen LogP contribution in [-0.2, 0) is 0 Å². The van der Waals surface area contributed by atoms with Gasteiger partial charge >= 0.3 is 0 Å². The van der Waals surface area contributed by atoms with Crippen molar-refractivity contribution in [1.82, 2.24) is 5.32 Å². The van der Waals surface area contributed by atoms with E-state index >= 15 is 0 Å². The summed E-state index contributed by atoms with van der Waals surface area (Å²) in [6.45, 7) is 1.01. The highest BCUT2D eigenvalue weighted by atomic mass is 16.5. The van der Waals surface area contributed by atoms with Crippen LogP contribution in [0.15, 0.2) is 24.3 Å². The van der Waals surface area contributed by atoms with Crippen molar-refractivity contribution in [1.29, 1.82) is 0 Å². The molecule has 0 aromatic heterocycles. The van der Waals surface area contributed by atoms with Gasteiger partial charge in [-0.3, -0.25) is 0 Å². The zero-order valence-electron chi connectivity index (χ0n) is 10.6. The molecule has 0 bridgehead atoms. The van der Waals surface area contributed by atoms with Crippen molar-refractivity contribution in [3.8, 4) is 5.75 Å². The molecule has 2 aliphatic rings. The van der Waals surface area contributed by atoms with Crippen molar-refractivity contribution in [2.75, 3.05) is 13.2 Å². The van der Waals surface area contributed by atoms with Crippen molar-refractivity contribution < 1.29 is 9.84 Å². The molecule has 0 amide bonds. The second-order valence-corrected chi connectivity index (χ2v) is 5.46. The molecule has 1 unspecified atom stereocenters. The van der Waals surface area contributed by atoms with Gasteiger partial charge in [-0.15, -0.1) is 0 Å². The molecule has 2 N–H and O–H groups in total. The van der Waals surface area contributed by atoms with Crippen molar-refractivity contribution in [3.05, 3.63) is 29.8 Å². The predicted octanol–water partition coefficient (Wildman–Crippen LogP) is 2.06. The zero-order valence-corrected chi connectivity index (χ0v) is 10.6. The van der Waals surface area contributed by atoms with Crippen LogP contribution in [0.3, 0.4) is 0 Å². The molecule has 0 spiro atoms. The van der Waals surface area contributed by atoms with Crippen LogP contribution >= 0.6 is 0 Å². The third-order valence-corrected chi connectivity index (χ3v) is 3.59. The number of nitrogens with one attached hydrogen (secondary N) is 1.